The molecule has 0 fully saturated rings. The van der Waals surface area contributed by atoms with E-state index in [9.17, 15) is 22.4 Å². The Morgan fingerprint density at radius 2 is 1.71 bits per heavy atom. The predicted octanol–water partition coefficient (Wildman–Crippen LogP) is 4.52. The smallest absolute Gasteiger partial charge is 0.416 e. The molecule has 0 atom stereocenters. The van der Waals surface area contributed by atoms with Crippen LogP contribution in [-0.4, -0.2) is 11.1 Å². The van der Waals surface area contributed by atoms with Gasteiger partial charge in [-0.15, -0.1) is 0 Å². The summed E-state index contributed by atoms with van der Waals surface area (Å²) < 4.78 is 51.2. The Morgan fingerprint density at radius 1 is 1.05 bits per heavy atom. The largest absolute Gasteiger partial charge is 0.478 e. The van der Waals surface area contributed by atoms with Gasteiger partial charge in [-0.25, -0.2) is 9.18 Å². The Labute approximate surface area is 117 Å². The summed E-state index contributed by atoms with van der Waals surface area (Å²) in [6, 6.07) is 5.99. The Hall–Kier alpha value is -2.37. The van der Waals surface area contributed by atoms with Gasteiger partial charge >= 0.3 is 12.1 Å². The third-order valence-electron chi connectivity index (χ3n) is 3.06. The van der Waals surface area contributed by atoms with E-state index in [1.54, 1.807) is 0 Å². The molecule has 0 radical (unpaired) electrons. The van der Waals surface area contributed by atoms with Crippen molar-refractivity contribution in [2.45, 2.75) is 13.1 Å². The van der Waals surface area contributed by atoms with Crippen LogP contribution in [0, 0.1) is 12.7 Å². The standard InChI is InChI=1S/C15H10F4O2/c1-8-6-9(15(17,18)19)2-4-11(8)13-7-10(16)3-5-12(13)14(20)21/h2-7H,1H3,(H,20,21). The molecular weight excluding hydrogens is 288 g/mol. The van der Waals surface area contributed by atoms with Crippen LogP contribution in [-0.2, 0) is 6.18 Å². The molecule has 6 heteroatoms. The Balaban J connectivity index is 2.63. The quantitative estimate of drug-likeness (QED) is 0.828. The van der Waals surface area contributed by atoms with Crippen LogP contribution in [0.2, 0.25) is 0 Å². The summed E-state index contributed by atoms with van der Waals surface area (Å²) in [5.41, 5.74) is -0.483. The maximum atomic E-state index is 13.3. The highest BCUT2D eigenvalue weighted by Crippen LogP contribution is 2.34. The van der Waals surface area contributed by atoms with Crippen molar-refractivity contribution in [3.8, 4) is 11.1 Å². The van der Waals surface area contributed by atoms with Crippen molar-refractivity contribution >= 4 is 5.97 Å². The van der Waals surface area contributed by atoms with E-state index in [-0.39, 0.29) is 22.3 Å². The molecule has 1 N–H and O–H groups in total. The molecule has 2 aromatic carbocycles. The van der Waals surface area contributed by atoms with Crippen LogP contribution < -0.4 is 0 Å². The molecule has 0 aromatic heterocycles. The van der Waals surface area contributed by atoms with E-state index < -0.39 is 23.5 Å². The summed E-state index contributed by atoms with van der Waals surface area (Å²) in [7, 11) is 0. The van der Waals surface area contributed by atoms with E-state index in [0.29, 0.717) is 0 Å². The highest BCUT2D eigenvalue weighted by molar-refractivity contribution is 5.96. The number of carboxylic acid groups (broad SMARTS) is 1. The molecule has 0 spiro atoms. The first-order valence-electron chi connectivity index (χ1n) is 5.91. The second-order valence-corrected chi connectivity index (χ2v) is 4.52. The number of carboxylic acids is 1. The average molecular weight is 298 g/mol. The third kappa shape index (κ3) is 3.04. The van der Waals surface area contributed by atoms with Crippen molar-refractivity contribution < 1.29 is 27.5 Å². The van der Waals surface area contributed by atoms with Crippen LogP contribution in [0.25, 0.3) is 11.1 Å². The summed E-state index contributed by atoms with van der Waals surface area (Å²) in [6.07, 6.45) is -4.49. The molecule has 0 bridgehead atoms. The molecule has 0 aliphatic rings. The number of aryl methyl sites for hydroxylation is 1. The van der Waals surface area contributed by atoms with Gasteiger partial charge in [-0.2, -0.15) is 13.2 Å². The fraction of sp³-hybridized carbons (Fsp3) is 0.133. The Kier molecular flexibility index (Phi) is 3.72. The van der Waals surface area contributed by atoms with Crippen molar-refractivity contribution in [1.82, 2.24) is 0 Å². The second-order valence-electron chi connectivity index (χ2n) is 4.52. The number of hydrogen-bond donors (Lipinski definition) is 1. The SMILES string of the molecule is Cc1cc(C(F)(F)F)ccc1-c1cc(F)ccc1C(=O)O. The molecule has 2 rings (SSSR count). The number of carbonyl (C=O) groups is 1. The van der Waals surface area contributed by atoms with Gasteiger partial charge in [-0.3, -0.25) is 0 Å². The van der Waals surface area contributed by atoms with Crippen LogP contribution in [0.3, 0.4) is 0 Å². The molecule has 0 amide bonds. The van der Waals surface area contributed by atoms with Gasteiger partial charge in [0.15, 0.2) is 0 Å². The summed E-state index contributed by atoms with van der Waals surface area (Å²) in [5.74, 6) is -1.93. The number of hydrogen-bond acceptors (Lipinski definition) is 1. The summed E-state index contributed by atoms with van der Waals surface area (Å²) >= 11 is 0. The van der Waals surface area contributed by atoms with Crippen molar-refractivity contribution in [2.24, 2.45) is 0 Å². The number of alkyl halides is 3. The first-order chi connectivity index (χ1) is 9.70. The molecule has 2 nitrogen and oxygen atoms in total. The van der Waals surface area contributed by atoms with Gasteiger partial charge in [0, 0.05) is 0 Å². The summed E-state index contributed by atoms with van der Waals surface area (Å²) in [4.78, 5) is 11.1. The van der Waals surface area contributed by atoms with E-state index in [4.69, 9.17) is 5.11 Å². The van der Waals surface area contributed by atoms with E-state index in [1.165, 1.54) is 6.92 Å². The molecule has 0 aliphatic carbocycles. The molecule has 110 valence electrons. The topological polar surface area (TPSA) is 37.3 Å². The minimum atomic E-state index is -4.49. The summed E-state index contributed by atoms with van der Waals surface area (Å²) in [6.45, 7) is 1.42. The lowest BCUT2D eigenvalue weighted by atomic mass is 9.94. The van der Waals surface area contributed by atoms with E-state index in [0.717, 1.165) is 36.4 Å². The van der Waals surface area contributed by atoms with Gasteiger partial charge in [-0.05, 0) is 53.9 Å². The molecule has 0 heterocycles. The zero-order chi connectivity index (χ0) is 15.8. The number of rotatable bonds is 2. The number of aromatic carboxylic acids is 1. The number of halogens is 4. The maximum Gasteiger partial charge on any atom is 0.416 e. The van der Waals surface area contributed by atoms with Gasteiger partial charge < -0.3 is 5.11 Å². The highest BCUT2D eigenvalue weighted by atomic mass is 19.4. The summed E-state index contributed by atoms with van der Waals surface area (Å²) in [5, 5.41) is 9.09. The zero-order valence-corrected chi connectivity index (χ0v) is 10.8. The van der Waals surface area contributed by atoms with E-state index >= 15 is 0 Å². The zero-order valence-electron chi connectivity index (χ0n) is 10.8. The maximum absolute atomic E-state index is 13.3. The first-order valence-corrected chi connectivity index (χ1v) is 5.91. The van der Waals surface area contributed by atoms with Gasteiger partial charge in [0.25, 0.3) is 0 Å². The van der Waals surface area contributed by atoms with Crippen LogP contribution in [0.15, 0.2) is 36.4 Å². The van der Waals surface area contributed by atoms with Crippen molar-refractivity contribution in [1.29, 1.82) is 0 Å². The van der Waals surface area contributed by atoms with E-state index in [2.05, 4.69) is 0 Å². The van der Waals surface area contributed by atoms with Crippen LogP contribution in [0.5, 0.6) is 0 Å². The molecule has 0 aliphatic heterocycles. The van der Waals surface area contributed by atoms with Crippen LogP contribution in [0.1, 0.15) is 21.5 Å². The first kappa shape index (κ1) is 15.0. The third-order valence-corrected chi connectivity index (χ3v) is 3.06. The van der Waals surface area contributed by atoms with Crippen LogP contribution >= 0.6 is 0 Å². The Bertz CT molecular complexity index is 705. The molecule has 21 heavy (non-hydrogen) atoms. The average Bonchev–Trinajstić information content (AvgIpc) is 2.37. The minimum absolute atomic E-state index is 0.0497. The van der Waals surface area contributed by atoms with Crippen molar-refractivity contribution in [3.63, 3.8) is 0 Å². The number of benzene rings is 2. The van der Waals surface area contributed by atoms with Gasteiger partial charge in [0.1, 0.15) is 5.82 Å². The lowest BCUT2D eigenvalue weighted by Crippen LogP contribution is -2.06. The predicted molar refractivity (Wildman–Crippen MR) is 68.5 cm³/mol. The van der Waals surface area contributed by atoms with Gasteiger partial charge in [0.2, 0.25) is 0 Å². The monoisotopic (exact) mass is 298 g/mol. The fourth-order valence-electron chi connectivity index (χ4n) is 2.07. The van der Waals surface area contributed by atoms with E-state index in [1.807, 2.05) is 0 Å². The second kappa shape index (κ2) is 5.20. The van der Waals surface area contributed by atoms with Gasteiger partial charge in [-0.1, -0.05) is 6.07 Å². The Morgan fingerprint density at radius 3 is 2.24 bits per heavy atom. The molecular formula is C15H10F4O2. The van der Waals surface area contributed by atoms with Crippen LogP contribution in [0.4, 0.5) is 17.6 Å². The highest BCUT2D eigenvalue weighted by Gasteiger charge is 2.30. The van der Waals surface area contributed by atoms with Gasteiger partial charge in [0.05, 0.1) is 11.1 Å². The lowest BCUT2D eigenvalue weighted by molar-refractivity contribution is -0.137. The molecule has 0 saturated carbocycles. The fourth-order valence-corrected chi connectivity index (χ4v) is 2.07. The normalized spacial score (nSPS) is 11.5. The van der Waals surface area contributed by atoms with Crippen molar-refractivity contribution in [2.75, 3.05) is 0 Å². The molecule has 0 unspecified atom stereocenters. The lowest BCUT2D eigenvalue weighted by Gasteiger charge is -2.13. The molecule has 2 aromatic rings. The minimum Gasteiger partial charge on any atom is -0.478 e. The molecule has 0 saturated heterocycles. The van der Waals surface area contributed by atoms with Crippen molar-refractivity contribution in [3.05, 3.63) is 58.9 Å².